The molecule has 0 bridgehead atoms. The normalized spacial score (nSPS) is 20.3. The molecule has 4 N–H and O–H groups in total. The molecule has 1 aromatic carbocycles. The average molecular weight is 456 g/mol. The highest BCUT2D eigenvalue weighted by Crippen LogP contribution is 2.39. The lowest BCUT2D eigenvalue weighted by Crippen LogP contribution is -2.47. The largest absolute Gasteiger partial charge is 0.495 e. The van der Waals surface area contributed by atoms with Crippen molar-refractivity contribution in [2.45, 2.75) is 57.6 Å². The van der Waals surface area contributed by atoms with Crippen LogP contribution in [0.4, 0.5) is 11.4 Å². The van der Waals surface area contributed by atoms with E-state index in [1.54, 1.807) is 12.1 Å². The lowest BCUT2D eigenvalue weighted by molar-refractivity contribution is -0.143. The Kier molecular flexibility index (Phi) is 8.52. The van der Waals surface area contributed by atoms with Crippen LogP contribution in [0.2, 0.25) is 5.02 Å². The van der Waals surface area contributed by atoms with Gasteiger partial charge in [-0.1, -0.05) is 25.4 Å². The van der Waals surface area contributed by atoms with E-state index in [9.17, 15) is 19.5 Å². The molecule has 2 saturated heterocycles. The maximum Gasteiger partial charge on any atom is 0.306 e. The van der Waals surface area contributed by atoms with Gasteiger partial charge in [-0.3, -0.25) is 19.7 Å². The molecule has 0 radical (unpaired) electrons. The number of nitrogens with one attached hydrogen (secondary N) is 2. The van der Waals surface area contributed by atoms with Gasteiger partial charge >= 0.3 is 5.97 Å². The van der Waals surface area contributed by atoms with Crippen molar-refractivity contribution < 1.29 is 29.3 Å². The SMILES string of the molecule is CC.COc1cc(N2CCC(O)(CC(=O)O)CC2)c(Cl)cc1NC1CCC(=O)NC1=O. The Labute approximate surface area is 186 Å². The zero-order valence-corrected chi connectivity index (χ0v) is 18.8. The van der Waals surface area contributed by atoms with Gasteiger partial charge in [0, 0.05) is 25.6 Å². The minimum absolute atomic E-state index is 0.255. The zero-order chi connectivity index (χ0) is 23.2. The number of anilines is 2. The molecule has 0 aliphatic carbocycles. The van der Waals surface area contributed by atoms with Crippen molar-refractivity contribution in [3.63, 3.8) is 0 Å². The number of imide groups is 1. The summed E-state index contributed by atoms with van der Waals surface area (Å²) in [4.78, 5) is 36.2. The highest BCUT2D eigenvalue weighted by atomic mass is 35.5. The summed E-state index contributed by atoms with van der Waals surface area (Å²) in [5, 5.41) is 25.2. The third kappa shape index (κ3) is 6.24. The predicted octanol–water partition coefficient (Wildman–Crippen LogP) is 2.40. The van der Waals surface area contributed by atoms with Crippen LogP contribution in [0.25, 0.3) is 0 Å². The first-order chi connectivity index (χ1) is 14.7. The van der Waals surface area contributed by atoms with Gasteiger partial charge in [0.05, 0.1) is 35.5 Å². The van der Waals surface area contributed by atoms with Crippen LogP contribution in [0.15, 0.2) is 12.1 Å². The van der Waals surface area contributed by atoms with Crippen LogP contribution < -0.4 is 20.3 Å². The molecular formula is C21H30ClN3O6. The molecule has 2 heterocycles. The van der Waals surface area contributed by atoms with Crippen molar-refractivity contribution in [3.8, 4) is 5.75 Å². The molecule has 0 saturated carbocycles. The summed E-state index contributed by atoms with van der Waals surface area (Å²) in [6, 6.07) is 2.85. The van der Waals surface area contributed by atoms with Crippen molar-refractivity contribution in [2.75, 3.05) is 30.4 Å². The number of rotatable bonds is 6. The van der Waals surface area contributed by atoms with Crippen LogP contribution in [0.1, 0.15) is 46.0 Å². The Morgan fingerprint density at radius 3 is 2.52 bits per heavy atom. The van der Waals surface area contributed by atoms with E-state index in [1.165, 1.54) is 7.11 Å². The number of carboxylic acids is 1. The number of aliphatic carboxylic acids is 1. The summed E-state index contributed by atoms with van der Waals surface area (Å²) >= 11 is 6.48. The second kappa shape index (κ2) is 10.7. The number of benzene rings is 1. The van der Waals surface area contributed by atoms with Gasteiger partial charge in [0.2, 0.25) is 11.8 Å². The fourth-order valence-corrected chi connectivity index (χ4v) is 3.99. The molecule has 31 heavy (non-hydrogen) atoms. The quantitative estimate of drug-likeness (QED) is 0.481. The highest BCUT2D eigenvalue weighted by molar-refractivity contribution is 6.33. The first kappa shape index (κ1) is 24.7. The Bertz CT molecular complexity index is 824. The number of aliphatic hydroxyl groups is 1. The summed E-state index contributed by atoms with van der Waals surface area (Å²) in [5.41, 5.74) is 0.0245. The van der Waals surface area contributed by atoms with Gasteiger partial charge in [-0.15, -0.1) is 0 Å². The summed E-state index contributed by atoms with van der Waals surface area (Å²) in [6.45, 7) is 4.90. The van der Waals surface area contributed by atoms with E-state index in [4.69, 9.17) is 21.4 Å². The number of nitrogens with zero attached hydrogens (tertiary/aromatic N) is 1. The molecule has 1 atom stereocenters. The first-order valence-electron chi connectivity index (χ1n) is 10.4. The molecule has 3 rings (SSSR count). The predicted molar refractivity (Wildman–Crippen MR) is 118 cm³/mol. The van der Waals surface area contributed by atoms with Gasteiger partial charge in [-0.05, 0) is 25.3 Å². The molecule has 2 aliphatic rings. The number of carbonyl (C=O) groups excluding carboxylic acids is 2. The van der Waals surface area contributed by atoms with Crippen LogP contribution in [-0.4, -0.2) is 59.8 Å². The van der Waals surface area contributed by atoms with Crippen molar-refractivity contribution >= 4 is 40.8 Å². The topological polar surface area (TPSA) is 128 Å². The third-order valence-corrected chi connectivity index (χ3v) is 5.66. The minimum atomic E-state index is -1.22. The molecule has 0 spiro atoms. The Hall–Kier alpha value is -2.52. The Balaban J connectivity index is 0.00000166. The monoisotopic (exact) mass is 455 g/mol. The number of piperidine rings is 2. The lowest BCUT2D eigenvalue weighted by atomic mass is 9.88. The fraction of sp³-hybridized carbons (Fsp3) is 0.571. The second-order valence-electron chi connectivity index (χ2n) is 7.43. The maximum absolute atomic E-state index is 12.0. The van der Waals surface area contributed by atoms with Crippen LogP contribution >= 0.6 is 11.6 Å². The molecule has 2 aliphatic heterocycles. The summed E-state index contributed by atoms with van der Waals surface area (Å²) in [5.74, 6) is -1.22. The van der Waals surface area contributed by atoms with E-state index in [2.05, 4.69) is 10.6 Å². The van der Waals surface area contributed by atoms with E-state index < -0.39 is 23.5 Å². The standard InChI is InChI=1S/C19H24ClN3O6.C2H6/c1-29-15-9-14(23-6-4-19(28,5-7-23)10-17(25)26)11(20)8-13(15)21-12-2-3-16(24)22-18(12)27;1-2/h8-9,12,21,28H,2-7,10H2,1H3,(H,25,26)(H,22,24,27);1-2H3. The van der Waals surface area contributed by atoms with Gasteiger partial charge in [-0.2, -0.15) is 0 Å². The number of carboxylic acid groups (broad SMARTS) is 1. The van der Waals surface area contributed by atoms with Crippen LogP contribution in [0, 0.1) is 0 Å². The molecule has 1 unspecified atom stereocenters. The number of amides is 2. The van der Waals surface area contributed by atoms with Gasteiger partial charge < -0.3 is 25.2 Å². The molecule has 2 fully saturated rings. The summed E-state index contributed by atoms with van der Waals surface area (Å²) in [6.07, 6.45) is 0.973. The van der Waals surface area contributed by atoms with Gasteiger partial charge in [0.1, 0.15) is 11.8 Å². The number of methoxy groups -OCH3 is 1. The van der Waals surface area contributed by atoms with Crippen LogP contribution in [0.3, 0.4) is 0 Å². The average Bonchev–Trinajstić information content (AvgIpc) is 2.72. The number of hydrogen-bond acceptors (Lipinski definition) is 7. The fourth-order valence-electron chi connectivity index (χ4n) is 3.71. The van der Waals surface area contributed by atoms with E-state index in [0.717, 1.165) is 0 Å². The zero-order valence-electron chi connectivity index (χ0n) is 18.0. The lowest BCUT2D eigenvalue weighted by Gasteiger charge is -2.39. The van der Waals surface area contributed by atoms with E-state index in [-0.39, 0.29) is 18.7 Å². The molecule has 1 aromatic rings. The van der Waals surface area contributed by atoms with Gasteiger partial charge in [0.25, 0.3) is 0 Å². The molecule has 0 aromatic heterocycles. The smallest absolute Gasteiger partial charge is 0.306 e. The number of carbonyl (C=O) groups is 3. The number of halogens is 1. The van der Waals surface area contributed by atoms with E-state index in [0.29, 0.717) is 54.5 Å². The summed E-state index contributed by atoms with van der Waals surface area (Å²) < 4.78 is 5.45. The Morgan fingerprint density at radius 1 is 1.32 bits per heavy atom. The van der Waals surface area contributed by atoms with Crippen LogP contribution in [-0.2, 0) is 14.4 Å². The van der Waals surface area contributed by atoms with Crippen molar-refractivity contribution in [1.29, 1.82) is 0 Å². The second-order valence-corrected chi connectivity index (χ2v) is 7.84. The summed E-state index contributed by atoms with van der Waals surface area (Å²) in [7, 11) is 1.50. The third-order valence-electron chi connectivity index (χ3n) is 5.35. The first-order valence-corrected chi connectivity index (χ1v) is 10.8. The van der Waals surface area contributed by atoms with Gasteiger partial charge in [-0.25, -0.2) is 0 Å². The van der Waals surface area contributed by atoms with Gasteiger partial charge in [0.15, 0.2) is 0 Å². The molecule has 9 nitrogen and oxygen atoms in total. The highest BCUT2D eigenvalue weighted by Gasteiger charge is 2.35. The number of ether oxygens (including phenoxy) is 1. The molecular weight excluding hydrogens is 426 g/mol. The molecule has 2 amide bonds. The minimum Gasteiger partial charge on any atom is -0.495 e. The Morgan fingerprint density at radius 2 is 1.97 bits per heavy atom. The maximum atomic E-state index is 12.0. The molecule has 172 valence electrons. The van der Waals surface area contributed by atoms with Crippen molar-refractivity contribution in [2.24, 2.45) is 0 Å². The molecule has 10 heteroatoms. The van der Waals surface area contributed by atoms with Crippen molar-refractivity contribution in [3.05, 3.63) is 17.2 Å². The van der Waals surface area contributed by atoms with Crippen molar-refractivity contribution in [1.82, 2.24) is 5.32 Å². The van der Waals surface area contributed by atoms with Crippen LogP contribution in [0.5, 0.6) is 5.75 Å². The van der Waals surface area contributed by atoms with E-state index >= 15 is 0 Å². The van der Waals surface area contributed by atoms with E-state index in [1.807, 2.05) is 18.7 Å². The number of hydrogen-bond donors (Lipinski definition) is 4.